The molecule has 3 aliphatic rings. The number of amides is 3. The average Bonchev–Trinajstić information content (AvgIpc) is 3.49. The van der Waals surface area contributed by atoms with E-state index in [1.54, 1.807) is 0 Å². The summed E-state index contributed by atoms with van der Waals surface area (Å²) in [5.74, 6) is 1.15. The van der Waals surface area contributed by atoms with Crippen LogP contribution >= 0.6 is 0 Å². The Labute approximate surface area is 157 Å². The number of carbonyl (C=O) groups is 2. The van der Waals surface area contributed by atoms with Crippen molar-refractivity contribution in [1.82, 2.24) is 20.9 Å². The predicted octanol–water partition coefficient (Wildman–Crippen LogP) is 2.39. The summed E-state index contributed by atoms with van der Waals surface area (Å²) in [6.07, 6.45) is 12.1. The van der Waals surface area contributed by atoms with Crippen LogP contribution in [0, 0.1) is 5.92 Å². The molecule has 26 heavy (non-hydrogen) atoms. The van der Waals surface area contributed by atoms with E-state index >= 15 is 0 Å². The van der Waals surface area contributed by atoms with Gasteiger partial charge in [-0.1, -0.05) is 19.3 Å². The monoisotopic (exact) mass is 364 g/mol. The van der Waals surface area contributed by atoms with Gasteiger partial charge in [-0.05, 0) is 57.4 Å². The van der Waals surface area contributed by atoms with Gasteiger partial charge in [-0.2, -0.15) is 0 Å². The Kier molecular flexibility index (Phi) is 7.59. The Morgan fingerprint density at radius 3 is 2.31 bits per heavy atom. The molecule has 0 aromatic carbocycles. The van der Waals surface area contributed by atoms with Crippen LogP contribution in [0.15, 0.2) is 0 Å². The molecular weight excluding hydrogens is 328 g/mol. The molecule has 1 aliphatic heterocycles. The Balaban J connectivity index is 1.21. The summed E-state index contributed by atoms with van der Waals surface area (Å²) < 4.78 is 0. The van der Waals surface area contributed by atoms with Crippen LogP contribution in [0.25, 0.3) is 0 Å². The molecule has 0 aromatic heterocycles. The van der Waals surface area contributed by atoms with E-state index in [0.717, 1.165) is 57.7 Å². The minimum Gasteiger partial charge on any atom is -0.343 e. The lowest BCUT2D eigenvalue weighted by Crippen LogP contribution is -2.45. The van der Waals surface area contributed by atoms with Crippen LogP contribution in [0.1, 0.15) is 70.6 Å². The van der Waals surface area contributed by atoms with Crippen molar-refractivity contribution < 1.29 is 9.59 Å². The van der Waals surface area contributed by atoms with Crippen molar-refractivity contribution in [2.45, 2.75) is 82.7 Å². The van der Waals surface area contributed by atoms with Gasteiger partial charge in [0.25, 0.3) is 0 Å². The largest absolute Gasteiger partial charge is 0.343 e. The highest BCUT2D eigenvalue weighted by Gasteiger charge is 2.25. The molecule has 0 unspecified atom stereocenters. The van der Waals surface area contributed by atoms with E-state index in [-0.39, 0.29) is 11.9 Å². The molecule has 3 rings (SSSR count). The summed E-state index contributed by atoms with van der Waals surface area (Å²) in [4.78, 5) is 26.2. The zero-order valence-corrected chi connectivity index (χ0v) is 16.1. The molecule has 148 valence electrons. The van der Waals surface area contributed by atoms with E-state index in [1.165, 1.54) is 32.1 Å². The molecule has 0 atom stereocenters. The molecule has 0 bridgehead atoms. The third-order valence-corrected chi connectivity index (χ3v) is 6.03. The first-order valence-corrected chi connectivity index (χ1v) is 10.8. The molecule has 3 fully saturated rings. The number of hydrogen-bond donors (Lipinski definition) is 3. The summed E-state index contributed by atoms with van der Waals surface area (Å²) in [6, 6.07) is 0.844. The Hall–Kier alpha value is -1.30. The smallest absolute Gasteiger partial charge is 0.315 e. The predicted molar refractivity (Wildman–Crippen MR) is 103 cm³/mol. The van der Waals surface area contributed by atoms with Gasteiger partial charge in [-0.25, -0.2) is 4.79 Å². The van der Waals surface area contributed by atoms with E-state index in [9.17, 15) is 9.59 Å². The van der Waals surface area contributed by atoms with Gasteiger partial charge in [0.1, 0.15) is 0 Å². The third-order valence-electron chi connectivity index (χ3n) is 6.03. The van der Waals surface area contributed by atoms with Crippen molar-refractivity contribution in [2.24, 2.45) is 5.92 Å². The molecule has 0 aromatic rings. The van der Waals surface area contributed by atoms with Crippen molar-refractivity contribution in [2.75, 3.05) is 26.2 Å². The topological polar surface area (TPSA) is 73.5 Å². The molecule has 1 heterocycles. The second-order valence-corrected chi connectivity index (χ2v) is 8.35. The number of piperidine rings is 1. The quantitative estimate of drug-likeness (QED) is 0.579. The summed E-state index contributed by atoms with van der Waals surface area (Å²) in [5, 5.41) is 9.59. The molecule has 3 N–H and O–H groups in total. The maximum Gasteiger partial charge on any atom is 0.315 e. The molecule has 0 spiro atoms. The molecule has 2 saturated carbocycles. The highest BCUT2D eigenvalue weighted by atomic mass is 16.2. The summed E-state index contributed by atoms with van der Waals surface area (Å²) in [6.45, 7) is 3.48. The minimum absolute atomic E-state index is 0.0769. The lowest BCUT2D eigenvalue weighted by molar-refractivity contribution is -0.132. The first-order chi connectivity index (χ1) is 12.7. The fourth-order valence-electron chi connectivity index (χ4n) is 4.07. The number of hydrogen-bond acceptors (Lipinski definition) is 3. The molecular formula is C20H36N4O2. The summed E-state index contributed by atoms with van der Waals surface area (Å²) >= 11 is 0. The Morgan fingerprint density at radius 1 is 0.885 bits per heavy atom. The van der Waals surface area contributed by atoms with Gasteiger partial charge in [0.05, 0.1) is 0 Å². The lowest BCUT2D eigenvalue weighted by Gasteiger charge is -2.32. The zero-order valence-electron chi connectivity index (χ0n) is 16.1. The van der Waals surface area contributed by atoms with Crippen LogP contribution in [0.4, 0.5) is 4.79 Å². The maximum absolute atomic E-state index is 12.3. The molecule has 6 nitrogen and oxygen atoms in total. The van der Waals surface area contributed by atoms with Gasteiger partial charge in [0.2, 0.25) is 5.91 Å². The average molecular weight is 365 g/mol. The van der Waals surface area contributed by atoms with E-state index < -0.39 is 0 Å². The van der Waals surface area contributed by atoms with E-state index in [4.69, 9.17) is 0 Å². The van der Waals surface area contributed by atoms with Crippen molar-refractivity contribution in [1.29, 1.82) is 0 Å². The third kappa shape index (κ3) is 6.78. The summed E-state index contributed by atoms with van der Waals surface area (Å²) in [7, 11) is 0. The van der Waals surface area contributed by atoms with Gasteiger partial charge in [-0.15, -0.1) is 0 Å². The second-order valence-electron chi connectivity index (χ2n) is 8.35. The van der Waals surface area contributed by atoms with Crippen LogP contribution in [0.5, 0.6) is 0 Å². The van der Waals surface area contributed by atoms with Gasteiger partial charge in [0.15, 0.2) is 0 Å². The molecule has 6 heteroatoms. The number of rotatable bonds is 8. The summed E-state index contributed by atoms with van der Waals surface area (Å²) in [5.41, 5.74) is 0. The Bertz CT molecular complexity index is 453. The van der Waals surface area contributed by atoms with Gasteiger partial charge in [-0.3, -0.25) is 4.79 Å². The van der Waals surface area contributed by atoms with Gasteiger partial charge >= 0.3 is 6.03 Å². The number of nitrogens with one attached hydrogen (secondary N) is 3. The number of nitrogens with zero attached hydrogens (tertiary/aromatic N) is 1. The Morgan fingerprint density at radius 2 is 1.62 bits per heavy atom. The first-order valence-electron chi connectivity index (χ1n) is 10.8. The molecule has 0 radical (unpaired) electrons. The van der Waals surface area contributed by atoms with Crippen molar-refractivity contribution in [3.63, 3.8) is 0 Å². The number of carbonyl (C=O) groups excluding carboxylic acids is 2. The van der Waals surface area contributed by atoms with Crippen LogP contribution < -0.4 is 16.0 Å². The highest BCUT2D eigenvalue weighted by Crippen LogP contribution is 2.28. The highest BCUT2D eigenvalue weighted by molar-refractivity contribution is 5.76. The van der Waals surface area contributed by atoms with Crippen LogP contribution in [0.2, 0.25) is 0 Å². The normalized spacial score (nSPS) is 22.2. The molecule has 1 saturated heterocycles. The molecule has 2 aliphatic carbocycles. The van der Waals surface area contributed by atoms with E-state index in [1.807, 2.05) is 4.90 Å². The van der Waals surface area contributed by atoms with Crippen molar-refractivity contribution >= 4 is 11.9 Å². The number of likely N-dealkylation sites (tertiary alicyclic amines) is 1. The first kappa shape index (κ1) is 19.5. The second kappa shape index (κ2) is 10.1. The SMILES string of the molecule is O=C(NCCCC(=O)N1CCC(NCC2CC2)CC1)NC1CCCCC1. The number of urea groups is 1. The molecule has 3 amide bonds. The lowest BCUT2D eigenvalue weighted by atomic mass is 9.96. The van der Waals surface area contributed by atoms with Gasteiger partial charge < -0.3 is 20.9 Å². The van der Waals surface area contributed by atoms with Crippen LogP contribution in [-0.2, 0) is 4.79 Å². The fraction of sp³-hybridized carbons (Fsp3) is 0.900. The van der Waals surface area contributed by atoms with Crippen LogP contribution in [0.3, 0.4) is 0 Å². The van der Waals surface area contributed by atoms with Crippen LogP contribution in [-0.4, -0.2) is 55.1 Å². The van der Waals surface area contributed by atoms with Crippen molar-refractivity contribution in [3.8, 4) is 0 Å². The maximum atomic E-state index is 12.3. The van der Waals surface area contributed by atoms with Crippen molar-refractivity contribution in [3.05, 3.63) is 0 Å². The zero-order chi connectivity index (χ0) is 18.2. The minimum atomic E-state index is -0.0769. The fourth-order valence-corrected chi connectivity index (χ4v) is 4.07. The van der Waals surface area contributed by atoms with E-state index in [2.05, 4.69) is 16.0 Å². The van der Waals surface area contributed by atoms with E-state index in [0.29, 0.717) is 25.0 Å². The standard InChI is InChI=1S/C20H36N4O2/c25-19(24-13-10-17(11-14-24)22-15-16-8-9-16)7-4-12-21-20(26)23-18-5-2-1-3-6-18/h16-18,22H,1-15H2,(H2,21,23,26). The van der Waals surface area contributed by atoms with Gasteiger partial charge in [0, 0.05) is 38.1 Å².